The van der Waals surface area contributed by atoms with Gasteiger partial charge in [-0.05, 0) is 0 Å². The molecule has 0 aliphatic carbocycles. The Kier molecular flexibility index (Phi) is 6.06. The Bertz CT molecular complexity index is 183. The molecule has 0 aromatic heterocycles. The fourth-order valence-electron chi connectivity index (χ4n) is 1.44. The first-order chi connectivity index (χ1) is 7.29. The summed E-state index contributed by atoms with van der Waals surface area (Å²) in [7, 11) is 0. The molecule has 1 aliphatic rings. The predicted octanol–water partition coefficient (Wildman–Crippen LogP) is -0.824. The van der Waals surface area contributed by atoms with Gasteiger partial charge >= 0.3 is 6.09 Å². The van der Waals surface area contributed by atoms with Gasteiger partial charge < -0.3 is 20.5 Å². The van der Waals surface area contributed by atoms with Gasteiger partial charge in [0.25, 0.3) is 0 Å². The number of amides is 1. The van der Waals surface area contributed by atoms with E-state index in [0.717, 1.165) is 39.4 Å². The highest BCUT2D eigenvalue weighted by molar-refractivity contribution is 5.64. The largest absolute Gasteiger partial charge is 0.465 e. The molecule has 6 nitrogen and oxygen atoms in total. The highest BCUT2D eigenvalue weighted by Crippen LogP contribution is 1.94. The molecule has 6 heteroatoms. The lowest BCUT2D eigenvalue weighted by atomic mass is 10.4. The van der Waals surface area contributed by atoms with Crippen molar-refractivity contribution in [2.75, 3.05) is 52.5 Å². The van der Waals surface area contributed by atoms with Crippen molar-refractivity contribution in [3.8, 4) is 0 Å². The molecule has 1 rings (SSSR count). The summed E-state index contributed by atoms with van der Waals surface area (Å²) < 4.78 is 5.23. The molecule has 0 atom stereocenters. The Balaban J connectivity index is 1.85. The normalized spacial score (nSPS) is 17.6. The van der Waals surface area contributed by atoms with Gasteiger partial charge in [0.05, 0.1) is 13.2 Å². The van der Waals surface area contributed by atoms with Crippen LogP contribution < -0.4 is 10.6 Å². The van der Waals surface area contributed by atoms with Gasteiger partial charge in [-0.3, -0.25) is 4.90 Å². The Labute approximate surface area is 89.6 Å². The zero-order valence-electron chi connectivity index (χ0n) is 8.87. The average Bonchev–Trinajstić information content (AvgIpc) is 2.24. The minimum atomic E-state index is -0.968. The summed E-state index contributed by atoms with van der Waals surface area (Å²) in [5.41, 5.74) is 0. The number of carbonyl (C=O) groups is 1. The first-order valence-electron chi connectivity index (χ1n) is 5.26. The molecule has 0 unspecified atom stereocenters. The highest BCUT2D eigenvalue weighted by Gasteiger charge is 2.08. The number of carboxylic acid groups (broad SMARTS) is 1. The number of nitrogens with zero attached hydrogens (tertiary/aromatic N) is 1. The van der Waals surface area contributed by atoms with E-state index in [1.807, 2.05) is 0 Å². The number of rotatable bonds is 6. The molecule has 1 amide bonds. The first kappa shape index (κ1) is 12.2. The van der Waals surface area contributed by atoms with Crippen molar-refractivity contribution in [2.24, 2.45) is 0 Å². The fourth-order valence-corrected chi connectivity index (χ4v) is 1.44. The van der Waals surface area contributed by atoms with Gasteiger partial charge in [-0.15, -0.1) is 0 Å². The second-order valence-corrected chi connectivity index (χ2v) is 3.44. The van der Waals surface area contributed by atoms with Gasteiger partial charge in [0.1, 0.15) is 0 Å². The number of nitrogens with one attached hydrogen (secondary N) is 2. The third kappa shape index (κ3) is 6.27. The van der Waals surface area contributed by atoms with Gasteiger partial charge in [-0.1, -0.05) is 0 Å². The van der Waals surface area contributed by atoms with Crippen LogP contribution in [0.25, 0.3) is 0 Å². The quantitative estimate of drug-likeness (QED) is 0.507. The molecule has 0 saturated carbocycles. The maximum absolute atomic E-state index is 10.1. The number of hydrogen-bond acceptors (Lipinski definition) is 4. The first-order valence-corrected chi connectivity index (χ1v) is 5.26. The maximum Gasteiger partial charge on any atom is 0.404 e. The molecule has 0 aromatic carbocycles. The molecule has 0 aromatic rings. The fraction of sp³-hybridized carbons (Fsp3) is 0.889. The molecule has 1 fully saturated rings. The van der Waals surface area contributed by atoms with Crippen LogP contribution in [0.2, 0.25) is 0 Å². The number of ether oxygens (including phenoxy) is 1. The van der Waals surface area contributed by atoms with E-state index >= 15 is 0 Å². The SMILES string of the molecule is O=C(O)NCCNCCN1CCOCC1. The molecule has 1 heterocycles. The summed E-state index contributed by atoms with van der Waals surface area (Å²) in [5.74, 6) is 0. The van der Waals surface area contributed by atoms with Crippen molar-refractivity contribution in [1.29, 1.82) is 0 Å². The van der Waals surface area contributed by atoms with Crippen molar-refractivity contribution in [3.63, 3.8) is 0 Å². The third-order valence-corrected chi connectivity index (χ3v) is 2.29. The summed E-state index contributed by atoms with van der Waals surface area (Å²) in [5, 5.41) is 13.8. The van der Waals surface area contributed by atoms with E-state index in [4.69, 9.17) is 9.84 Å². The standard InChI is InChI=1S/C9H19N3O3/c13-9(14)11-2-1-10-3-4-12-5-7-15-8-6-12/h10-11H,1-8H2,(H,13,14). The van der Waals surface area contributed by atoms with Gasteiger partial charge in [-0.2, -0.15) is 0 Å². The molecule has 0 bridgehead atoms. The van der Waals surface area contributed by atoms with Crippen LogP contribution in [0.5, 0.6) is 0 Å². The molecule has 15 heavy (non-hydrogen) atoms. The summed E-state index contributed by atoms with van der Waals surface area (Å²) in [6.45, 7) is 6.65. The second kappa shape index (κ2) is 7.44. The van der Waals surface area contributed by atoms with Crippen molar-refractivity contribution >= 4 is 6.09 Å². The molecular weight excluding hydrogens is 198 g/mol. The van der Waals surface area contributed by atoms with Crippen molar-refractivity contribution in [3.05, 3.63) is 0 Å². The molecule has 1 aliphatic heterocycles. The van der Waals surface area contributed by atoms with E-state index in [9.17, 15) is 4.79 Å². The minimum absolute atomic E-state index is 0.457. The van der Waals surface area contributed by atoms with Crippen LogP contribution in [0.15, 0.2) is 0 Å². The Morgan fingerprint density at radius 3 is 2.67 bits per heavy atom. The minimum Gasteiger partial charge on any atom is -0.465 e. The van der Waals surface area contributed by atoms with E-state index < -0.39 is 6.09 Å². The predicted molar refractivity (Wildman–Crippen MR) is 56.2 cm³/mol. The van der Waals surface area contributed by atoms with Gasteiger partial charge in [0, 0.05) is 39.3 Å². The average molecular weight is 217 g/mol. The van der Waals surface area contributed by atoms with Crippen LogP contribution in [0, 0.1) is 0 Å². The highest BCUT2D eigenvalue weighted by atomic mass is 16.5. The number of morpholine rings is 1. The van der Waals surface area contributed by atoms with E-state index in [1.165, 1.54) is 0 Å². The lowest BCUT2D eigenvalue weighted by Gasteiger charge is -2.26. The Morgan fingerprint density at radius 2 is 2.00 bits per heavy atom. The molecule has 0 radical (unpaired) electrons. The summed E-state index contributed by atoms with van der Waals surface area (Å²) in [6, 6.07) is 0. The van der Waals surface area contributed by atoms with E-state index in [2.05, 4.69) is 15.5 Å². The van der Waals surface area contributed by atoms with Crippen LogP contribution >= 0.6 is 0 Å². The monoisotopic (exact) mass is 217 g/mol. The van der Waals surface area contributed by atoms with Crippen molar-refractivity contribution in [2.45, 2.75) is 0 Å². The van der Waals surface area contributed by atoms with Gasteiger partial charge in [0.15, 0.2) is 0 Å². The maximum atomic E-state index is 10.1. The zero-order valence-corrected chi connectivity index (χ0v) is 8.87. The molecule has 3 N–H and O–H groups in total. The van der Waals surface area contributed by atoms with Crippen molar-refractivity contribution in [1.82, 2.24) is 15.5 Å². The van der Waals surface area contributed by atoms with Gasteiger partial charge in [0.2, 0.25) is 0 Å². The van der Waals surface area contributed by atoms with Crippen LogP contribution in [-0.4, -0.2) is 68.6 Å². The molecular formula is C9H19N3O3. The summed E-state index contributed by atoms with van der Waals surface area (Å²) in [6.07, 6.45) is -0.968. The summed E-state index contributed by atoms with van der Waals surface area (Å²) in [4.78, 5) is 12.5. The lowest BCUT2D eigenvalue weighted by Crippen LogP contribution is -2.41. The summed E-state index contributed by atoms with van der Waals surface area (Å²) >= 11 is 0. The second-order valence-electron chi connectivity index (χ2n) is 3.44. The van der Waals surface area contributed by atoms with Gasteiger partial charge in [-0.25, -0.2) is 4.79 Å². The Morgan fingerprint density at radius 1 is 1.27 bits per heavy atom. The van der Waals surface area contributed by atoms with Crippen molar-refractivity contribution < 1.29 is 14.6 Å². The Hall–Kier alpha value is -0.850. The smallest absolute Gasteiger partial charge is 0.404 e. The van der Waals surface area contributed by atoms with Crippen LogP contribution in [0.4, 0.5) is 4.79 Å². The van der Waals surface area contributed by atoms with E-state index in [-0.39, 0.29) is 0 Å². The molecule has 0 spiro atoms. The topological polar surface area (TPSA) is 73.8 Å². The van der Waals surface area contributed by atoms with Crippen LogP contribution in [-0.2, 0) is 4.74 Å². The van der Waals surface area contributed by atoms with E-state index in [0.29, 0.717) is 13.1 Å². The van der Waals surface area contributed by atoms with Crippen LogP contribution in [0.3, 0.4) is 0 Å². The van der Waals surface area contributed by atoms with E-state index in [1.54, 1.807) is 0 Å². The lowest BCUT2D eigenvalue weighted by molar-refractivity contribution is 0.0384. The molecule has 1 saturated heterocycles. The number of hydrogen-bond donors (Lipinski definition) is 3. The molecule has 88 valence electrons. The third-order valence-electron chi connectivity index (χ3n) is 2.29. The van der Waals surface area contributed by atoms with Crippen LogP contribution in [0.1, 0.15) is 0 Å². The zero-order chi connectivity index (χ0) is 10.9.